The topological polar surface area (TPSA) is 71.4 Å². The summed E-state index contributed by atoms with van der Waals surface area (Å²) in [5.74, 6) is -5.50. The number of rotatable bonds is 5. The predicted molar refractivity (Wildman–Crippen MR) is 60.6 cm³/mol. The van der Waals surface area contributed by atoms with Gasteiger partial charge in [-0.1, -0.05) is 13.0 Å². The van der Waals surface area contributed by atoms with Crippen LogP contribution in [0.1, 0.15) is 12.5 Å². The molecule has 0 fully saturated rings. The monoisotopic (exact) mass is 278 g/mol. The SMILES string of the molecule is CC(CS(=O)(=O)Cc1ccc(F)c(F)c1)C(=O)O. The second kappa shape index (κ2) is 5.43. The summed E-state index contributed by atoms with van der Waals surface area (Å²) in [6.45, 7) is 1.27. The molecule has 4 nitrogen and oxygen atoms in total. The van der Waals surface area contributed by atoms with Gasteiger partial charge < -0.3 is 5.11 Å². The number of hydrogen-bond donors (Lipinski definition) is 1. The Morgan fingerprint density at radius 2 is 1.94 bits per heavy atom. The summed E-state index contributed by atoms with van der Waals surface area (Å²) in [6, 6.07) is 2.78. The zero-order chi connectivity index (χ0) is 13.9. The van der Waals surface area contributed by atoms with Crippen molar-refractivity contribution >= 4 is 15.8 Å². The minimum atomic E-state index is -3.68. The molecule has 0 amide bonds. The third-order valence-electron chi connectivity index (χ3n) is 2.30. The summed E-state index contributed by atoms with van der Waals surface area (Å²) in [6.07, 6.45) is 0. The molecule has 1 aromatic rings. The molecule has 0 heterocycles. The Labute approximate surface area is 103 Å². The second-order valence-corrected chi connectivity index (χ2v) is 6.15. The van der Waals surface area contributed by atoms with Gasteiger partial charge >= 0.3 is 5.97 Å². The van der Waals surface area contributed by atoms with Crippen molar-refractivity contribution in [3.05, 3.63) is 35.4 Å². The summed E-state index contributed by atoms with van der Waals surface area (Å²) in [7, 11) is -3.68. The van der Waals surface area contributed by atoms with Gasteiger partial charge in [-0.3, -0.25) is 4.79 Å². The highest BCUT2D eigenvalue weighted by molar-refractivity contribution is 7.90. The van der Waals surface area contributed by atoms with Gasteiger partial charge in [-0.15, -0.1) is 0 Å². The van der Waals surface area contributed by atoms with E-state index < -0.39 is 44.9 Å². The Kier molecular flexibility index (Phi) is 4.39. The third kappa shape index (κ3) is 4.06. The van der Waals surface area contributed by atoms with E-state index in [-0.39, 0.29) is 5.56 Å². The van der Waals surface area contributed by atoms with Gasteiger partial charge in [0.2, 0.25) is 0 Å². The summed E-state index contributed by atoms with van der Waals surface area (Å²) in [5, 5.41) is 8.62. The van der Waals surface area contributed by atoms with Crippen molar-refractivity contribution in [2.45, 2.75) is 12.7 Å². The molecule has 0 saturated carbocycles. The molecule has 7 heteroatoms. The Hall–Kier alpha value is -1.50. The van der Waals surface area contributed by atoms with E-state index in [0.717, 1.165) is 18.2 Å². The highest BCUT2D eigenvalue weighted by Gasteiger charge is 2.21. The average Bonchev–Trinajstić information content (AvgIpc) is 2.22. The second-order valence-electron chi connectivity index (χ2n) is 4.04. The van der Waals surface area contributed by atoms with Crippen LogP contribution in [0.2, 0.25) is 0 Å². The quantitative estimate of drug-likeness (QED) is 0.888. The maximum atomic E-state index is 12.9. The van der Waals surface area contributed by atoms with E-state index in [4.69, 9.17) is 5.11 Å². The average molecular weight is 278 g/mol. The van der Waals surface area contributed by atoms with Crippen LogP contribution in [0, 0.1) is 17.6 Å². The van der Waals surface area contributed by atoms with Gasteiger partial charge in [-0.25, -0.2) is 17.2 Å². The molecule has 0 spiro atoms. The minimum Gasteiger partial charge on any atom is -0.481 e. The van der Waals surface area contributed by atoms with Gasteiger partial charge in [0.1, 0.15) is 0 Å². The molecule has 0 aliphatic heterocycles. The molecule has 0 aliphatic carbocycles. The van der Waals surface area contributed by atoms with Crippen LogP contribution in [-0.4, -0.2) is 25.2 Å². The highest BCUT2D eigenvalue weighted by Crippen LogP contribution is 2.13. The van der Waals surface area contributed by atoms with E-state index in [1.807, 2.05) is 0 Å². The third-order valence-corrected chi connectivity index (χ3v) is 4.08. The number of sulfone groups is 1. The first-order valence-electron chi connectivity index (χ1n) is 5.08. The lowest BCUT2D eigenvalue weighted by Crippen LogP contribution is -2.22. The Morgan fingerprint density at radius 1 is 1.33 bits per heavy atom. The predicted octanol–water partition coefficient (Wildman–Crippen LogP) is 1.60. The lowest BCUT2D eigenvalue weighted by molar-refractivity contribution is -0.140. The zero-order valence-electron chi connectivity index (χ0n) is 9.56. The van der Waals surface area contributed by atoms with Crippen LogP contribution in [0.5, 0.6) is 0 Å². The van der Waals surface area contributed by atoms with Gasteiger partial charge in [-0.2, -0.15) is 0 Å². The van der Waals surface area contributed by atoms with E-state index in [1.54, 1.807) is 0 Å². The molecule has 0 radical (unpaired) electrons. The van der Waals surface area contributed by atoms with E-state index in [2.05, 4.69) is 0 Å². The van der Waals surface area contributed by atoms with Crippen LogP contribution in [0.4, 0.5) is 8.78 Å². The van der Waals surface area contributed by atoms with Gasteiger partial charge in [0.25, 0.3) is 0 Å². The molecule has 1 aromatic carbocycles. The summed E-state index contributed by atoms with van der Waals surface area (Å²) in [5.41, 5.74) is 0.0893. The molecule has 0 saturated heterocycles. The van der Waals surface area contributed by atoms with Gasteiger partial charge in [0.15, 0.2) is 21.5 Å². The number of carboxylic acid groups (broad SMARTS) is 1. The lowest BCUT2D eigenvalue weighted by atomic mass is 10.2. The van der Waals surface area contributed by atoms with E-state index in [0.29, 0.717) is 0 Å². The maximum absolute atomic E-state index is 12.9. The minimum absolute atomic E-state index is 0.0893. The van der Waals surface area contributed by atoms with Crippen molar-refractivity contribution in [3.63, 3.8) is 0 Å². The molecule has 0 aromatic heterocycles. The molecular formula is C11H12F2O4S. The Balaban J connectivity index is 2.82. The van der Waals surface area contributed by atoms with Crippen LogP contribution in [0.3, 0.4) is 0 Å². The normalized spacial score (nSPS) is 13.3. The summed E-state index contributed by atoms with van der Waals surface area (Å²) in [4.78, 5) is 10.6. The number of halogens is 2. The van der Waals surface area contributed by atoms with Crippen LogP contribution < -0.4 is 0 Å². The Morgan fingerprint density at radius 3 is 2.44 bits per heavy atom. The molecule has 1 rings (SSSR count). The first kappa shape index (κ1) is 14.6. The zero-order valence-corrected chi connectivity index (χ0v) is 10.4. The molecule has 1 atom stereocenters. The molecule has 1 N–H and O–H groups in total. The number of benzene rings is 1. The van der Waals surface area contributed by atoms with Gasteiger partial charge in [0, 0.05) is 0 Å². The van der Waals surface area contributed by atoms with E-state index in [1.165, 1.54) is 6.92 Å². The number of aliphatic carboxylic acids is 1. The fourth-order valence-electron chi connectivity index (χ4n) is 1.39. The standard InChI is InChI=1S/C11H12F2O4S/c1-7(11(14)15)5-18(16,17)6-8-2-3-9(12)10(13)4-8/h2-4,7H,5-6H2,1H3,(H,14,15). The molecular weight excluding hydrogens is 266 g/mol. The molecule has 0 aliphatic rings. The molecule has 100 valence electrons. The first-order valence-corrected chi connectivity index (χ1v) is 6.90. The maximum Gasteiger partial charge on any atom is 0.307 e. The molecule has 0 bridgehead atoms. The number of carbonyl (C=O) groups is 1. The van der Waals surface area contributed by atoms with Crippen molar-refractivity contribution in [1.29, 1.82) is 0 Å². The fraction of sp³-hybridized carbons (Fsp3) is 0.364. The lowest BCUT2D eigenvalue weighted by Gasteiger charge is -2.08. The van der Waals surface area contributed by atoms with E-state index in [9.17, 15) is 22.0 Å². The van der Waals surface area contributed by atoms with E-state index >= 15 is 0 Å². The molecule has 1 unspecified atom stereocenters. The largest absolute Gasteiger partial charge is 0.481 e. The smallest absolute Gasteiger partial charge is 0.307 e. The van der Waals surface area contributed by atoms with Gasteiger partial charge in [0.05, 0.1) is 17.4 Å². The fourth-order valence-corrected chi connectivity index (χ4v) is 3.10. The van der Waals surface area contributed by atoms with Crippen molar-refractivity contribution in [2.75, 3.05) is 5.75 Å². The van der Waals surface area contributed by atoms with Crippen molar-refractivity contribution in [2.24, 2.45) is 5.92 Å². The van der Waals surface area contributed by atoms with Crippen LogP contribution in [0.25, 0.3) is 0 Å². The van der Waals surface area contributed by atoms with Crippen molar-refractivity contribution in [3.8, 4) is 0 Å². The number of hydrogen-bond acceptors (Lipinski definition) is 3. The van der Waals surface area contributed by atoms with Crippen LogP contribution in [-0.2, 0) is 20.4 Å². The van der Waals surface area contributed by atoms with Gasteiger partial charge in [-0.05, 0) is 17.7 Å². The first-order chi connectivity index (χ1) is 8.21. The summed E-state index contributed by atoms with van der Waals surface area (Å²) >= 11 is 0. The highest BCUT2D eigenvalue weighted by atomic mass is 32.2. The molecule has 18 heavy (non-hydrogen) atoms. The van der Waals surface area contributed by atoms with Crippen molar-refractivity contribution < 1.29 is 27.1 Å². The van der Waals surface area contributed by atoms with Crippen LogP contribution in [0.15, 0.2) is 18.2 Å². The Bertz CT molecular complexity index is 554. The van der Waals surface area contributed by atoms with Crippen LogP contribution >= 0.6 is 0 Å². The van der Waals surface area contributed by atoms with Crippen molar-refractivity contribution in [1.82, 2.24) is 0 Å². The summed E-state index contributed by atoms with van der Waals surface area (Å²) < 4.78 is 48.8. The number of carboxylic acids is 1.